The standard InChI is InChI=1S/C24H30ClF2N3O/c1-3-17(2)18-5-4-6-23(21(25)13-18)29-9-11-30(12-10-29)24(31)16-28-15-19-7-8-20(26)14-22(19)27/h4-5,7-8,13-14,17,28H,3,6,9-12,15-16H2,1-2H3/t17-/m0/s1. The molecule has 1 heterocycles. The SMILES string of the molecule is CC[C@H](C)C1=CC(Cl)=C(N2CCN(C(=O)CNCc3ccc(F)cc3F)CC2)CC=C1. The highest BCUT2D eigenvalue weighted by molar-refractivity contribution is 6.31. The zero-order chi connectivity index (χ0) is 22.4. The predicted octanol–water partition coefficient (Wildman–Crippen LogP) is 4.58. The van der Waals surface area contributed by atoms with Crippen molar-refractivity contribution in [1.82, 2.24) is 15.1 Å². The van der Waals surface area contributed by atoms with Gasteiger partial charge in [-0.05, 0) is 30.1 Å². The Bertz CT molecular complexity index is 889. The van der Waals surface area contributed by atoms with Crippen LogP contribution in [0.3, 0.4) is 0 Å². The molecule has 168 valence electrons. The maximum atomic E-state index is 13.7. The van der Waals surface area contributed by atoms with Gasteiger partial charge >= 0.3 is 0 Å². The number of halogens is 3. The molecule has 0 bridgehead atoms. The number of hydrogen-bond acceptors (Lipinski definition) is 3. The van der Waals surface area contributed by atoms with E-state index in [1.807, 2.05) is 4.90 Å². The van der Waals surface area contributed by atoms with Gasteiger partial charge in [0.15, 0.2) is 0 Å². The number of amides is 1. The summed E-state index contributed by atoms with van der Waals surface area (Å²) in [5.41, 5.74) is 2.69. The summed E-state index contributed by atoms with van der Waals surface area (Å²) < 4.78 is 26.7. The second-order valence-corrected chi connectivity index (χ2v) is 8.47. The van der Waals surface area contributed by atoms with Crippen molar-refractivity contribution in [2.45, 2.75) is 33.2 Å². The molecule has 1 aliphatic carbocycles. The van der Waals surface area contributed by atoms with Gasteiger partial charge in [-0.15, -0.1) is 0 Å². The second kappa shape index (κ2) is 10.9. The fourth-order valence-electron chi connectivity index (χ4n) is 3.81. The first kappa shape index (κ1) is 23.5. The average Bonchev–Trinajstić information content (AvgIpc) is 2.96. The molecule has 0 radical (unpaired) electrons. The van der Waals surface area contributed by atoms with Crippen molar-refractivity contribution in [3.05, 3.63) is 69.9 Å². The van der Waals surface area contributed by atoms with E-state index < -0.39 is 11.6 Å². The molecule has 3 rings (SSSR count). The van der Waals surface area contributed by atoms with Crippen molar-refractivity contribution in [1.29, 1.82) is 0 Å². The van der Waals surface area contributed by atoms with Gasteiger partial charge in [0.1, 0.15) is 11.6 Å². The molecule has 1 aromatic rings. The number of allylic oxidation sites excluding steroid dienone is 5. The van der Waals surface area contributed by atoms with Crippen molar-refractivity contribution < 1.29 is 13.6 Å². The molecule has 1 aromatic carbocycles. The topological polar surface area (TPSA) is 35.6 Å². The van der Waals surface area contributed by atoms with Crippen LogP contribution in [0.4, 0.5) is 8.78 Å². The first-order valence-electron chi connectivity index (χ1n) is 10.8. The van der Waals surface area contributed by atoms with E-state index in [-0.39, 0.29) is 19.0 Å². The van der Waals surface area contributed by atoms with Crippen LogP contribution in [-0.2, 0) is 11.3 Å². The summed E-state index contributed by atoms with van der Waals surface area (Å²) >= 11 is 6.64. The van der Waals surface area contributed by atoms with Crippen LogP contribution in [0.15, 0.2) is 52.7 Å². The molecule has 0 unspecified atom stereocenters. The molecule has 0 saturated carbocycles. The predicted molar refractivity (Wildman–Crippen MR) is 120 cm³/mol. The monoisotopic (exact) mass is 449 g/mol. The lowest BCUT2D eigenvalue weighted by molar-refractivity contribution is -0.131. The quantitative estimate of drug-likeness (QED) is 0.661. The van der Waals surface area contributed by atoms with E-state index in [1.54, 1.807) is 0 Å². The van der Waals surface area contributed by atoms with Crippen LogP contribution >= 0.6 is 11.6 Å². The largest absolute Gasteiger partial charge is 0.370 e. The summed E-state index contributed by atoms with van der Waals surface area (Å²) in [6.45, 7) is 7.35. The van der Waals surface area contributed by atoms with Crippen LogP contribution < -0.4 is 5.32 Å². The summed E-state index contributed by atoms with van der Waals surface area (Å²) in [5, 5.41) is 3.74. The number of benzene rings is 1. The third-order valence-electron chi connectivity index (χ3n) is 5.99. The zero-order valence-corrected chi connectivity index (χ0v) is 18.9. The minimum absolute atomic E-state index is 0.0260. The number of carbonyl (C=O) groups is 1. The summed E-state index contributed by atoms with van der Waals surface area (Å²) in [4.78, 5) is 16.6. The van der Waals surface area contributed by atoms with Gasteiger partial charge in [-0.2, -0.15) is 0 Å². The van der Waals surface area contributed by atoms with Gasteiger partial charge in [-0.3, -0.25) is 4.79 Å². The fourth-order valence-corrected chi connectivity index (χ4v) is 4.13. The highest BCUT2D eigenvalue weighted by atomic mass is 35.5. The molecule has 1 amide bonds. The normalized spacial score (nSPS) is 18.2. The number of nitrogens with zero attached hydrogens (tertiary/aromatic N) is 2. The molecule has 1 aliphatic heterocycles. The lowest BCUT2D eigenvalue weighted by atomic mass is 9.98. The van der Waals surface area contributed by atoms with Gasteiger partial charge in [0.05, 0.1) is 11.6 Å². The van der Waals surface area contributed by atoms with Crippen molar-refractivity contribution >= 4 is 17.5 Å². The van der Waals surface area contributed by atoms with E-state index in [1.165, 1.54) is 17.7 Å². The van der Waals surface area contributed by atoms with Crippen molar-refractivity contribution in [2.24, 2.45) is 5.92 Å². The van der Waals surface area contributed by atoms with Crippen LogP contribution in [-0.4, -0.2) is 48.4 Å². The molecule has 1 N–H and O–H groups in total. The summed E-state index contributed by atoms with van der Waals surface area (Å²) in [7, 11) is 0. The molecule has 2 aliphatic rings. The van der Waals surface area contributed by atoms with E-state index >= 15 is 0 Å². The second-order valence-electron chi connectivity index (χ2n) is 8.06. The summed E-state index contributed by atoms with van der Waals surface area (Å²) in [5.74, 6) is -0.778. The van der Waals surface area contributed by atoms with Crippen molar-refractivity contribution in [3.63, 3.8) is 0 Å². The Morgan fingerprint density at radius 3 is 2.65 bits per heavy atom. The highest BCUT2D eigenvalue weighted by Gasteiger charge is 2.23. The van der Waals surface area contributed by atoms with E-state index in [0.717, 1.165) is 42.7 Å². The highest BCUT2D eigenvalue weighted by Crippen LogP contribution is 2.28. The third-order valence-corrected chi connectivity index (χ3v) is 6.32. The maximum absolute atomic E-state index is 13.7. The first-order valence-corrected chi connectivity index (χ1v) is 11.2. The summed E-state index contributed by atoms with van der Waals surface area (Å²) in [6, 6.07) is 3.45. The number of carbonyl (C=O) groups excluding carboxylic acids is 1. The molecule has 31 heavy (non-hydrogen) atoms. The smallest absolute Gasteiger partial charge is 0.236 e. The van der Waals surface area contributed by atoms with Gasteiger partial charge in [-0.25, -0.2) is 8.78 Å². The van der Waals surface area contributed by atoms with Gasteiger partial charge in [-0.1, -0.05) is 43.7 Å². The van der Waals surface area contributed by atoms with E-state index in [0.29, 0.717) is 24.6 Å². The molecule has 1 saturated heterocycles. The third kappa shape index (κ3) is 6.17. The van der Waals surface area contributed by atoms with Crippen molar-refractivity contribution in [3.8, 4) is 0 Å². The minimum atomic E-state index is -0.610. The minimum Gasteiger partial charge on any atom is -0.370 e. The van der Waals surface area contributed by atoms with Gasteiger partial charge < -0.3 is 15.1 Å². The Hall–Kier alpha value is -2.18. The Morgan fingerprint density at radius 1 is 1.23 bits per heavy atom. The van der Waals surface area contributed by atoms with Crippen LogP contribution in [0.2, 0.25) is 0 Å². The van der Waals surface area contributed by atoms with Crippen molar-refractivity contribution in [2.75, 3.05) is 32.7 Å². The van der Waals surface area contributed by atoms with Crippen LogP contribution in [0, 0.1) is 17.6 Å². The Kier molecular flexibility index (Phi) is 8.27. The van der Waals surface area contributed by atoms with E-state index in [9.17, 15) is 13.6 Å². The lowest BCUT2D eigenvalue weighted by Gasteiger charge is -2.37. The fraction of sp³-hybridized carbons (Fsp3) is 0.458. The van der Waals surface area contributed by atoms with Gasteiger partial charge in [0.2, 0.25) is 5.91 Å². The first-order chi connectivity index (χ1) is 14.9. The molecule has 0 aromatic heterocycles. The number of hydrogen-bond donors (Lipinski definition) is 1. The molecule has 1 atom stereocenters. The Morgan fingerprint density at radius 2 is 1.97 bits per heavy atom. The summed E-state index contributed by atoms with van der Waals surface area (Å²) in [6.07, 6.45) is 8.26. The van der Waals surface area contributed by atoms with E-state index in [2.05, 4.69) is 42.3 Å². The van der Waals surface area contributed by atoms with E-state index in [4.69, 9.17) is 11.6 Å². The Labute approximate surface area is 188 Å². The van der Waals surface area contributed by atoms with Gasteiger partial charge in [0.25, 0.3) is 0 Å². The van der Waals surface area contributed by atoms with Crippen LogP contribution in [0.1, 0.15) is 32.3 Å². The van der Waals surface area contributed by atoms with Gasteiger partial charge in [0, 0.05) is 56.5 Å². The van der Waals surface area contributed by atoms with Crippen LogP contribution in [0.25, 0.3) is 0 Å². The zero-order valence-electron chi connectivity index (χ0n) is 18.1. The Balaban J connectivity index is 1.50. The molecule has 7 heteroatoms. The molecular formula is C24H30ClF2N3O. The maximum Gasteiger partial charge on any atom is 0.236 e. The lowest BCUT2D eigenvalue weighted by Crippen LogP contribution is -2.50. The number of piperazine rings is 1. The van der Waals surface area contributed by atoms with Crippen LogP contribution in [0.5, 0.6) is 0 Å². The number of nitrogens with one attached hydrogen (secondary N) is 1. The number of rotatable bonds is 7. The molecule has 4 nitrogen and oxygen atoms in total. The molecular weight excluding hydrogens is 420 g/mol. The molecule has 0 spiro atoms. The molecule has 1 fully saturated rings. The average molecular weight is 450 g/mol.